The molecule has 2 aliphatic heterocycles. The fourth-order valence-electron chi connectivity index (χ4n) is 3.17. The van der Waals surface area contributed by atoms with Gasteiger partial charge in [-0.3, -0.25) is 0 Å². The molecule has 0 amide bonds. The molecule has 2 aliphatic rings. The minimum atomic E-state index is 0.945. The van der Waals surface area contributed by atoms with Gasteiger partial charge in [0, 0.05) is 12.1 Å². The molecule has 0 N–H and O–H groups in total. The van der Waals surface area contributed by atoms with E-state index in [-0.39, 0.29) is 0 Å². The summed E-state index contributed by atoms with van der Waals surface area (Å²) in [5.74, 6) is 1.06. The van der Waals surface area contributed by atoms with Crippen LogP contribution in [0.4, 0.5) is 0 Å². The molecule has 0 aromatic rings. The molecular formula is C11H21N. The molecule has 2 bridgehead atoms. The molecule has 0 radical (unpaired) electrons. The fourth-order valence-corrected chi connectivity index (χ4v) is 3.17. The molecule has 2 rings (SSSR count). The zero-order valence-corrected chi connectivity index (χ0v) is 8.42. The maximum Gasteiger partial charge on any atom is 0.00983 e. The molecule has 1 nitrogen and oxygen atoms in total. The first kappa shape index (κ1) is 8.55. The van der Waals surface area contributed by atoms with Crippen LogP contribution in [0.5, 0.6) is 0 Å². The van der Waals surface area contributed by atoms with E-state index in [1.54, 1.807) is 0 Å². The predicted octanol–water partition coefficient (Wildman–Crippen LogP) is 2.66. The zero-order valence-electron chi connectivity index (χ0n) is 8.42. The van der Waals surface area contributed by atoms with Crippen molar-refractivity contribution in [2.24, 2.45) is 5.92 Å². The lowest BCUT2D eigenvalue weighted by molar-refractivity contribution is 0.129. The van der Waals surface area contributed by atoms with Crippen LogP contribution in [0.15, 0.2) is 0 Å². The molecule has 3 atom stereocenters. The molecule has 12 heavy (non-hydrogen) atoms. The topological polar surface area (TPSA) is 3.24 Å². The highest BCUT2D eigenvalue weighted by Crippen LogP contribution is 2.38. The van der Waals surface area contributed by atoms with Crippen molar-refractivity contribution in [2.45, 2.75) is 57.5 Å². The van der Waals surface area contributed by atoms with Gasteiger partial charge in [0.05, 0.1) is 0 Å². The molecule has 2 saturated heterocycles. The number of hydrogen-bond acceptors (Lipinski definition) is 1. The van der Waals surface area contributed by atoms with Crippen molar-refractivity contribution in [1.82, 2.24) is 4.90 Å². The monoisotopic (exact) mass is 167 g/mol. The third-order valence-corrected chi connectivity index (χ3v) is 3.89. The van der Waals surface area contributed by atoms with E-state index in [1.807, 2.05) is 0 Å². The second kappa shape index (κ2) is 3.37. The second-order valence-corrected chi connectivity index (χ2v) is 4.68. The number of rotatable bonds is 2. The van der Waals surface area contributed by atoms with Crippen molar-refractivity contribution in [3.8, 4) is 0 Å². The van der Waals surface area contributed by atoms with Crippen molar-refractivity contribution in [2.75, 3.05) is 7.05 Å². The summed E-state index contributed by atoms with van der Waals surface area (Å²) >= 11 is 0. The normalized spacial score (nSPS) is 42.0. The smallest absolute Gasteiger partial charge is 0.00983 e. The number of fused-ring (bicyclic) bond motifs is 2. The standard InChI is InChI=1S/C11H21N/c1-3-4-9-7-10-5-6-11(8-9)12(10)2/h9-11H,3-8H2,1-2H3/t9-,10-,11+. The van der Waals surface area contributed by atoms with Gasteiger partial charge in [0.1, 0.15) is 0 Å². The Hall–Kier alpha value is -0.0400. The Balaban J connectivity index is 1.93. The SMILES string of the molecule is CCC[C@@H]1C[C@H]2CC[C@@H](C1)N2C. The molecule has 1 heteroatoms. The van der Waals surface area contributed by atoms with Crippen LogP contribution < -0.4 is 0 Å². The van der Waals surface area contributed by atoms with E-state index in [1.165, 1.54) is 38.5 Å². The molecule has 2 fully saturated rings. The van der Waals surface area contributed by atoms with Gasteiger partial charge in [0.25, 0.3) is 0 Å². The van der Waals surface area contributed by atoms with Crippen LogP contribution in [0.1, 0.15) is 45.4 Å². The summed E-state index contributed by atoms with van der Waals surface area (Å²) in [4.78, 5) is 2.63. The van der Waals surface area contributed by atoms with Crippen molar-refractivity contribution in [3.05, 3.63) is 0 Å². The number of nitrogens with zero attached hydrogens (tertiary/aromatic N) is 1. The lowest BCUT2D eigenvalue weighted by Gasteiger charge is -2.36. The Morgan fingerprint density at radius 2 is 1.75 bits per heavy atom. The molecule has 70 valence electrons. The van der Waals surface area contributed by atoms with E-state index in [0.29, 0.717) is 0 Å². The molecule has 0 aromatic heterocycles. The van der Waals surface area contributed by atoms with E-state index in [4.69, 9.17) is 0 Å². The van der Waals surface area contributed by atoms with Gasteiger partial charge in [-0.1, -0.05) is 19.8 Å². The third kappa shape index (κ3) is 1.39. The Bertz CT molecular complexity index is 141. The van der Waals surface area contributed by atoms with E-state index >= 15 is 0 Å². The van der Waals surface area contributed by atoms with Crippen LogP contribution in [-0.4, -0.2) is 24.0 Å². The highest BCUT2D eigenvalue weighted by Gasteiger charge is 2.37. The number of hydrogen-bond donors (Lipinski definition) is 0. The Labute approximate surface area is 76.1 Å². The first-order chi connectivity index (χ1) is 5.81. The largest absolute Gasteiger partial charge is 0.300 e. The quantitative estimate of drug-likeness (QED) is 0.611. The zero-order chi connectivity index (χ0) is 8.55. The van der Waals surface area contributed by atoms with E-state index < -0.39 is 0 Å². The van der Waals surface area contributed by atoms with Crippen LogP contribution >= 0.6 is 0 Å². The van der Waals surface area contributed by atoms with Gasteiger partial charge in [-0.15, -0.1) is 0 Å². The van der Waals surface area contributed by atoms with Gasteiger partial charge in [-0.2, -0.15) is 0 Å². The van der Waals surface area contributed by atoms with Gasteiger partial charge >= 0.3 is 0 Å². The highest BCUT2D eigenvalue weighted by molar-refractivity contribution is 4.92. The predicted molar refractivity (Wildman–Crippen MR) is 52.2 cm³/mol. The van der Waals surface area contributed by atoms with Crippen LogP contribution in [-0.2, 0) is 0 Å². The maximum absolute atomic E-state index is 2.63. The average molecular weight is 167 g/mol. The molecule has 0 unspecified atom stereocenters. The van der Waals surface area contributed by atoms with Crippen molar-refractivity contribution < 1.29 is 0 Å². The van der Waals surface area contributed by atoms with Crippen molar-refractivity contribution >= 4 is 0 Å². The highest BCUT2D eigenvalue weighted by atomic mass is 15.2. The molecule has 2 heterocycles. The minimum absolute atomic E-state index is 0.945. The molecule has 0 aliphatic carbocycles. The van der Waals surface area contributed by atoms with E-state index in [2.05, 4.69) is 18.9 Å². The summed E-state index contributed by atoms with van der Waals surface area (Å²) in [7, 11) is 2.32. The molecule has 0 spiro atoms. The van der Waals surface area contributed by atoms with Crippen LogP contribution in [0, 0.1) is 5.92 Å². The van der Waals surface area contributed by atoms with Gasteiger partial charge in [0.15, 0.2) is 0 Å². The molecule has 0 aromatic carbocycles. The summed E-state index contributed by atoms with van der Waals surface area (Å²) in [5, 5.41) is 0. The first-order valence-corrected chi connectivity index (χ1v) is 5.53. The first-order valence-electron chi connectivity index (χ1n) is 5.53. The molecule has 0 saturated carbocycles. The number of piperidine rings is 1. The summed E-state index contributed by atoms with van der Waals surface area (Å²) in [6.07, 6.45) is 8.78. The summed E-state index contributed by atoms with van der Waals surface area (Å²) in [5.41, 5.74) is 0. The maximum atomic E-state index is 2.63. The van der Waals surface area contributed by atoms with E-state index in [9.17, 15) is 0 Å². The lowest BCUT2D eigenvalue weighted by Crippen LogP contribution is -2.39. The fraction of sp³-hybridized carbons (Fsp3) is 1.00. The molecular weight excluding hydrogens is 146 g/mol. The average Bonchev–Trinajstić information content (AvgIpc) is 2.33. The Kier molecular flexibility index (Phi) is 2.40. The van der Waals surface area contributed by atoms with E-state index in [0.717, 1.165) is 18.0 Å². The van der Waals surface area contributed by atoms with Crippen LogP contribution in [0.2, 0.25) is 0 Å². The van der Waals surface area contributed by atoms with Gasteiger partial charge < -0.3 is 4.90 Å². The van der Waals surface area contributed by atoms with Gasteiger partial charge in [-0.05, 0) is 38.6 Å². The van der Waals surface area contributed by atoms with Gasteiger partial charge in [-0.25, -0.2) is 0 Å². The summed E-state index contributed by atoms with van der Waals surface area (Å²) in [6, 6.07) is 1.89. The van der Waals surface area contributed by atoms with Crippen LogP contribution in [0.3, 0.4) is 0 Å². The van der Waals surface area contributed by atoms with Crippen molar-refractivity contribution in [3.63, 3.8) is 0 Å². The van der Waals surface area contributed by atoms with Gasteiger partial charge in [0.2, 0.25) is 0 Å². The summed E-state index contributed by atoms with van der Waals surface area (Å²) < 4.78 is 0. The summed E-state index contributed by atoms with van der Waals surface area (Å²) in [6.45, 7) is 2.32. The lowest BCUT2D eigenvalue weighted by atomic mass is 9.88. The van der Waals surface area contributed by atoms with Crippen molar-refractivity contribution in [1.29, 1.82) is 0 Å². The Morgan fingerprint density at radius 1 is 1.17 bits per heavy atom. The Morgan fingerprint density at radius 3 is 2.25 bits per heavy atom. The minimum Gasteiger partial charge on any atom is -0.300 e. The third-order valence-electron chi connectivity index (χ3n) is 3.89. The second-order valence-electron chi connectivity index (χ2n) is 4.68. The van der Waals surface area contributed by atoms with Crippen LogP contribution in [0.25, 0.3) is 0 Å².